The number of nitrogens with one attached hydrogen (secondary N) is 1. The molecule has 5 heteroatoms. The monoisotopic (exact) mass is 329 g/mol. The molecule has 0 aliphatic carbocycles. The van der Waals surface area contributed by atoms with Gasteiger partial charge in [0.1, 0.15) is 5.75 Å². The molecular formula is C14H20BrNO3. The van der Waals surface area contributed by atoms with Gasteiger partial charge >= 0.3 is 0 Å². The van der Waals surface area contributed by atoms with Crippen LogP contribution in [0.2, 0.25) is 0 Å². The molecule has 3 N–H and O–H groups in total. The maximum absolute atomic E-state index is 11.9. The topological polar surface area (TPSA) is 69.6 Å². The number of carbonyl (C=O) groups is 1. The number of halogens is 1. The molecule has 4 nitrogen and oxygen atoms in total. The number of hydrogen-bond donors (Lipinski definition) is 3. The highest BCUT2D eigenvalue weighted by Gasteiger charge is 2.23. The Bertz CT molecular complexity index is 458. The third-order valence-corrected chi connectivity index (χ3v) is 3.17. The quantitative estimate of drug-likeness (QED) is 0.777. The van der Waals surface area contributed by atoms with E-state index in [1.807, 2.05) is 13.8 Å². The van der Waals surface area contributed by atoms with Crippen molar-refractivity contribution >= 4 is 21.8 Å². The number of benzene rings is 1. The molecule has 1 unspecified atom stereocenters. The minimum atomic E-state index is -0.953. The van der Waals surface area contributed by atoms with Crippen molar-refractivity contribution in [1.29, 1.82) is 0 Å². The van der Waals surface area contributed by atoms with E-state index in [-0.39, 0.29) is 17.9 Å². The lowest BCUT2D eigenvalue weighted by atomic mass is 9.94. The van der Waals surface area contributed by atoms with Crippen LogP contribution in [0.3, 0.4) is 0 Å². The van der Waals surface area contributed by atoms with Crippen molar-refractivity contribution in [3.8, 4) is 5.75 Å². The number of hydrogen-bond acceptors (Lipinski definition) is 3. The maximum atomic E-state index is 11.9. The number of carbonyl (C=O) groups excluding carboxylic acids is 1. The number of amides is 1. The molecule has 0 fully saturated rings. The van der Waals surface area contributed by atoms with Crippen molar-refractivity contribution in [1.82, 2.24) is 5.32 Å². The molecule has 1 amide bonds. The summed E-state index contributed by atoms with van der Waals surface area (Å²) in [6.45, 7) is 5.86. The molecule has 0 aliphatic heterocycles. The standard InChI is InChI=1S/C14H20BrNO3/c1-9(2)7-14(3,19)8-16-13(18)11-6-10(15)4-5-12(11)17/h4-6,9,17,19H,7-8H2,1-3H3,(H,16,18). The average molecular weight is 330 g/mol. The summed E-state index contributed by atoms with van der Waals surface area (Å²) in [7, 11) is 0. The van der Waals surface area contributed by atoms with Crippen molar-refractivity contribution in [2.45, 2.75) is 32.8 Å². The second-order valence-corrected chi connectivity index (χ2v) is 6.35. The van der Waals surface area contributed by atoms with Gasteiger partial charge in [-0.3, -0.25) is 4.79 Å². The van der Waals surface area contributed by atoms with Crippen molar-refractivity contribution in [3.05, 3.63) is 28.2 Å². The first-order valence-corrected chi connectivity index (χ1v) is 6.99. The summed E-state index contributed by atoms with van der Waals surface area (Å²) >= 11 is 3.25. The van der Waals surface area contributed by atoms with Gasteiger partial charge in [0.15, 0.2) is 0 Å². The van der Waals surface area contributed by atoms with E-state index >= 15 is 0 Å². The van der Waals surface area contributed by atoms with Gasteiger partial charge in [0.25, 0.3) is 5.91 Å². The number of aliphatic hydroxyl groups is 1. The fourth-order valence-electron chi connectivity index (χ4n) is 2.01. The molecule has 106 valence electrons. The Morgan fingerprint density at radius 1 is 1.47 bits per heavy atom. The van der Waals surface area contributed by atoms with Gasteiger partial charge in [-0.15, -0.1) is 0 Å². The minimum absolute atomic E-state index is 0.0794. The normalized spacial score (nSPS) is 14.2. The number of phenolic OH excluding ortho intramolecular Hbond substituents is 1. The third kappa shape index (κ3) is 5.20. The first-order valence-electron chi connectivity index (χ1n) is 6.20. The highest BCUT2D eigenvalue weighted by atomic mass is 79.9. The van der Waals surface area contributed by atoms with Crippen LogP contribution >= 0.6 is 15.9 Å². The van der Waals surface area contributed by atoms with Crippen LogP contribution in [0.5, 0.6) is 5.75 Å². The van der Waals surface area contributed by atoms with Crippen molar-refractivity contribution < 1.29 is 15.0 Å². The van der Waals surface area contributed by atoms with E-state index in [9.17, 15) is 15.0 Å². The summed E-state index contributed by atoms with van der Waals surface area (Å²) in [5, 5.41) is 22.4. The van der Waals surface area contributed by atoms with Gasteiger partial charge in [-0.2, -0.15) is 0 Å². The molecule has 0 saturated carbocycles. The maximum Gasteiger partial charge on any atom is 0.255 e. The van der Waals surface area contributed by atoms with Gasteiger partial charge in [-0.1, -0.05) is 29.8 Å². The van der Waals surface area contributed by atoms with Gasteiger partial charge in [-0.05, 0) is 37.5 Å². The minimum Gasteiger partial charge on any atom is -0.507 e. The van der Waals surface area contributed by atoms with E-state index in [4.69, 9.17) is 0 Å². The van der Waals surface area contributed by atoms with E-state index in [0.29, 0.717) is 16.8 Å². The van der Waals surface area contributed by atoms with Crippen molar-refractivity contribution in [3.63, 3.8) is 0 Å². The van der Waals surface area contributed by atoms with Crippen LogP contribution in [0.25, 0.3) is 0 Å². The average Bonchev–Trinajstić information content (AvgIpc) is 2.27. The van der Waals surface area contributed by atoms with Gasteiger partial charge < -0.3 is 15.5 Å². The van der Waals surface area contributed by atoms with E-state index in [0.717, 1.165) is 0 Å². The van der Waals surface area contributed by atoms with Crippen LogP contribution in [-0.4, -0.2) is 28.3 Å². The zero-order valence-electron chi connectivity index (χ0n) is 11.4. The predicted octanol–water partition coefficient (Wildman–Crippen LogP) is 2.68. The number of aromatic hydroxyl groups is 1. The summed E-state index contributed by atoms with van der Waals surface area (Å²) in [5.74, 6) is -0.141. The molecule has 0 heterocycles. The molecule has 0 radical (unpaired) electrons. The summed E-state index contributed by atoms with van der Waals surface area (Å²) in [6.07, 6.45) is 0.595. The fraction of sp³-hybridized carbons (Fsp3) is 0.500. The summed E-state index contributed by atoms with van der Waals surface area (Å²) in [4.78, 5) is 11.9. The van der Waals surface area contributed by atoms with Crippen molar-refractivity contribution in [2.24, 2.45) is 5.92 Å². The zero-order chi connectivity index (χ0) is 14.6. The molecule has 0 saturated heterocycles. The zero-order valence-corrected chi connectivity index (χ0v) is 13.0. The smallest absolute Gasteiger partial charge is 0.255 e. The molecule has 0 aromatic heterocycles. The molecule has 1 rings (SSSR count). The lowest BCUT2D eigenvalue weighted by Gasteiger charge is -2.25. The predicted molar refractivity (Wildman–Crippen MR) is 78.2 cm³/mol. The van der Waals surface area contributed by atoms with E-state index in [2.05, 4.69) is 21.2 Å². The molecule has 1 aromatic carbocycles. The second-order valence-electron chi connectivity index (χ2n) is 5.44. The summed E-state index contributed by atoms with van der Waals surface area (Å²) < 4.78 is 0.712. The molecule has 0 bridgehead atoms. The molecular weight excluding hydrogens is 310 g/mol. The lowest BCUT2D eigenvalue weighted by molar-refractivity contribution is 0.0368. The van der Waals surface area contributed by atoms with Crippen LogP contribution < -0.4 is 5.32 Å². The first kappa shape index (κ1) is 16.0. The Morgan fingerprint density at radius 3 is 2.68 bits per heavy atom. The molecule has 0 spiro atoms. The van der Waals surface area contributed by atoms with Gasteiger partial charge in [0.05, 0.1) is 11.2 Å². The molecule has 0 aliphatic rings. The van der Waals surface area contributed by atoms with Crippen LogP contribution in [0.1, 0.15) is 37.6 Å². The Labute approximate surface area is 122 Å². The highest BCUT2D eigenvalue weighted by Crippen LogP contribution is 2.22. The Kier molecular flexibility index (Phi) is 5.38. The number of phenols is 1. The Hall–Kier alpha value is -1.07. The first-order chi connectivity index (χ1) is 8.71. The highest BCUT2D eigenvalue weighted by molar-refractivity contribution is 9.10. The van der Waals surface area contributed by atoms with E-state index < -0.39 is 11.5 Å². The molecule has 1 aromatic rings. The SMILES string of the molecule is CC(C)CC(C)(O)CNC(=O)c1cc(Br)ccc1O. The largest absolute Gasteiger partial charge is 0.507 e. The summed E-state index contributed by atoms with van der Waals surface area (Å²) in [5.41, 5.74) is -0.763. The van der Waals surface area contributed by atoms with Gasteiger partial charge in [0, 0.05) is 11.0 Å². The molecule has 1 atom stereocenters. The number of rotatable bonds is 5. The van der Waals surface area contributed by atoms with Crippen LogP contribution in [-0.2, 0) is 0 Å². The lowest BCUT2D eigenvalue weighted by Crippen LogP contribution is -2.41. The van der Waals surface area contributed by atoms with Crippen LogP contribution in [0.4, 0.5) is 0 Å². The Morgan fingerprint density at radius 2 is 2.11 bits per heavy atom. The summed E-state index contributed by atoms with van der Waals surface area (Å²) in [6, 6.07) is 4.65. The fourth-order valence-corrected chi connectivity index (χ4v) is 2.37. The van der Waals surface area contributed by atoms with Crippen molar-refractivity contribution in [2.75, 3.05) is 6.54 Å². The van der Waals surface area contributed by atoms with Gasteiger partial charge in [0.2, 0.25) is 0 Å². The van der Waals surface area contributed by atoms with Gasteiger partial charge in [-0.25, -0.2) is 0 Å². The van der Waals surface area contributed by atoms with Crippen LogP contribution in [0, 0.1) is 5.92 Å². The second kappa shape index (κ2) is 6.39. The molecule has 19 heavy (non-hydrogen) atoms. The van der Waals surface area contributed by atoms with E-state index in [1.54, 1.807) is 19.1 Å². The Balaban J connectivity index is 2.68. The third-order valence-electron chi connectivity index (χ3n) is 2.68. The van der Waals surface area contributed by atoms with Crippen LogP contribution in [0.15, 0.2) is 22.7 Å². The van der Waals surface area contributed by atoms with E-state index in [1.165, 1.54) is 6.07 Å².